The van der Waals surface area contributed by atoms with E-state index in [-0.39, 0.29) is 15.8 Å². The van der Waals surface area contributed by atoms with E-state index in [1.165, 1.54) is 35.2 Å². The Morgan fingerprint density at radius 3 is 2.14 bits per heavy atom. The van der Waals surface area contributed by atoms with Crippen LogP contribution in [0, 0.1) is 21.3 Å². The summed E-state index contributed by atoms with van der Waals surface area (Å²) in [6, 6.07) is 8.65. The fourth-order valence-electron chi connectivity index (χ4n) is 4.43. The molecule has 3 aliphatic rings. The van der Waals surface area contributed by atoms with Crippen LogP contribution < -0.4 is 14.7 Å². The number of nitro benzene ring substituents is 1. The zero-order valence-electron chi connectivity index (χ0n) is 19.3. The quantitative estimate of drug-likeness (QED) is 0.368. The lowest BCUT2D eigenvalue weighted by atomic mass is 10.1. The molecule has 0 atom stereocenters. The van der Waals surface area contributed by atoms with E-state index in [1.807, 2.05) is 11.0 Å². The summed E-state index contributed by atoms with van der Waals surface area (Å²) in [6.07, 6.45) is 1.60. The van der Waals surface area contributed by atoms with Crippen molar-refractivity contribution in [2.24, 2.45) is 0 Å². The molecule has 0 saturated carbocycles. The minimum atomic E-state index is -0.442. The molecule has 5 rings (SSSR count). The monoisotopic (exact) mass is 513 g/mol. The molecule has 3 saturated heterocycles. The average molecular weight is 514 g/mol. The molecular formula is C24H24FN5O5S. The number of morpholine rings is 2. The van der Waals surface area contributed by atoms with Crippen LogP contribution in [0.2, 0.25) is 0 Å². The number of benzene rings is 2. The van der Waals surface area contributed by atoms with Crippen molar-refractivity contribution in [1.29, 1.82) is 5.41 Å². The van der Waals surface area contributed by atoms with Crippen molar-refractivity contribution >= 4 is 51.7 Å². The van der Waals surface area contributed by atoms with Gasteiger partial charge in [0.05, 0.1) is 41.9 Å². The molecule has 0 unspecified atom stereocenters. The largest absolute Gasteiger partial charge is 0.378 e. The summed E-state index contributed by atoms with van der Waals surface area (Å²) < 4.78 is 24.3. The van der Waals surface area contributed by atoms with Gasteiger partial charge in [0.1, 0.15) is 11.5 Å². The molecule has 3 heterocycles. The van der Waals surface area contributed by atoms with Crippen LogP contribution in [0.4, 0.5) is 27.1 Å². The Labute approximate surface area is 210 Å². The number of halogens is 1. The first kappa shape index (κ1) is 24.2. The van der Waals surface area contributed by atoms with Gasteiger partial charge in [-0.15, -0.1) is 0 Å². The summed E-state index contributed by atoms with van der Waals surface area (Å²) in [7, 11) is 0. The SMILES string of the molecule is N=C1SC(=Cc2cc([N+](=O)[O-])c(N3CCOCC3)cc2N2CCOCC2)C(=O)N1c1ccc(F)cc1. The maximum absolute atomic E-state index is 13.4. The van der Waals surface area contributed by atoms with Crippen LogP contribution >= 0.6 is 11.8 Å². The van der Waals surface area contributed by atoms with Crippen molar-refractivity contribution in [2.75, 3.05) is 67.3 Å². The van der Waals surface area contributed by atoms with Crippen molar-refractivity contribution in [3.63, 3.8) is 0 Å². The summed E-state index contributed by atoms with van der Waals surface area (Å²) in [5.41, 5.74) is 2.12. The standard InChI is InChI=1S/C24H24FN5O5S/c25-17-1-3-18(4-2-17)29-23(31)22(36-24(29)26)14-16-13-21(30(32)33)20(28-7-11-35-12-8-28)15-19(16)27-5-9-34-10-6-27/h1-4,13-15,26H,5-12H2. The Bertz CT molecular complexity index is 1230. The van der Waals surface area contributed by atoms with Crippen molar-refractivity contribution in [3.05, 3.63) is 62.8 Å². The van der Waals surface area contributed by atoms with Crippen molar-refractivity contribution in [1.82, 2.24) is 0 Å². The molecule has 3 fully saturated rings. The number of amides is 1. The van der Waals surface area contributed by atoms with Crippen molar-refractivity contribution < 1.29 is 23.6 Å². The second-order valence-electron chi connectivity index (χ2n) is 8.39. The number of anilines is 3. The maximum atomic E-state index is 13.4. The number of thioether (sulfide) groups is 1. The Balaban J connectivity index is 1.57. The van der Waals surface area contributed by atoms with Gasteiger partial charge in [0.25, 0.3) is 11.6 Å². The third kappa shape index (κ3) is 4.79. The number of carbonyl (C=O) groups is 1. The van der Waals surface area contributed by atoms with Gasteiger partial charge < -0.3 is 19.3 Å². The molecular weight excluding hydrogens is 489 g/mol. The minimum Gasteiger partial charge on any atom is -0.378 e. The highest BCUT2D eigenvalue weighted by Crippen LogP contribution is 2.41. The first-order valence-corrected chi connectivity index (χ1v) is 12.3. The second-order valence-corrected chi connectivity index (χ2v) is 9.42. The number of nitro groups is 1. The molecule has 188 valence electrons. The van der Waals surface area contributed by atoms with E-state index in [4.69, 9.17) is 14.9 Å². The van der Waals surface area contributed by atoms with E-state index in [0.29, 0.717) is 69.5 Å². The first-order chi connectivity index (χ1) is 17.4. The highest BCUT2D eigenvalue weighted by molar-refractivity contribution is 8.19. The summed E-state index contributed by atoms with van der Waals surface area (Å²) in [4.78, 5) is 30.4. The van der Waals surface area contributed by atoms with Gasteiger partial charge in [-0.1, -0.05) is 0 Å². The van der Waals surface area contributed by atoms with Gasteiger partial charge in [-0.05, 0) is 48.2 Å². The van der Waals surface area contributed by atoms with Gasteiger partial charge in [0, 0.05) is 43.5 Å². The third-order valence-electron chi connectivity index (χ3n) is 6.22. The van der Waals surface area contributed by atoms with Crippen LogP contribution in [-0.2, 0) is 14.3 Å². The van der Waals surface area contributed by atoms with E-state index in [1.54, 1.807) is 6.08 Å². The number of nitrogens with one attached hydrogen (secondary N) is 1. The number of ether oxygens (including phenoxy) is 2. The molecule has 0 bridgehead atoms. The third-order valence-corrected chi connectivity index (χ3v) is 7.11. The van der Waals surface area contributed by atoms with Crippen molar-refractivity contribution in [3.8, 4) is 0 Å². The first-order valence-electron chi connectivity index (χ1n) is 11.5. The van der Waals surface area contributed by atoms with Gasteiger partial charge in [-0.25, -0.2) is 4.39 Å². The zero-order chi connectivity index (χ0) is 25.2. The van der Waals surface area contributed by atoms with Crippen LogP contribution in [0.25, 0.3) is 6.08 Å². The molecule has 0 spiro atoms. The summed E-state index contributed by atoms with van der Waals surface area (Å²) in [6.45, 7) is 4.33. The highest BCUT2D eigenvalue weighted by atomic mass is 32.2. The molecule has 1 N–H and O–H groups in total. The Morgan fingerprint density at radius 1 is 0.972 bits per heavy atom. The Kier molecular flexibility index (Phi) is 6.90. The van der Waals surface area contributed by atoms with Gasteiger partial charge >= 0.3 is 0 Å². The normalized spacial score (nSPS) is 19.9. The number of hydrogen-bond acceptors (Lipinski definition) is 9. The molecule has 2 aromatic rings. The van der Waals surface area contributed by atoms with Crippen molar-refractivity contribution in [2.45, 2.75) is 0 Å². The summed E-state index contributed by atoms with van der Waals surface area (Å²) in [5, 5.41) is 20.4. The zero-order valence-corrected chi connectivity index (χ0v) is 20.1. The fourth-order valence-corrected chi connectivity index (χ4v) is 5.28. The molecule has 2 aromatic carbocycles. The topological polar surface area (TPSA) is 112 Å². The number of nitrogens with zero attached hydrogens (tertiary/aromatic N) is 4. The molecule has 12 heteroatoms. The van der Waals surface area contributed by atoms with E-state index >= 15 is 0 Å². The van der Waals surface area contributed by atoms with Crippen LogP contribution in [0.3, 0.4) is 0 Å². The number of rotatable bonds is 5. The van der Waals surface area contributed by atoms with Crippen LogP contribution in [0.5, 0.6) is 0 Å². The molecule has 0 aromatic heterocycles. The molecule has 36 heavy (non-hydrogen) atoms. The fraction of sp³-hybridized carbons (Fsp3) is 0.333. The van der Waals surface area contributed by atoms with E-state index in [2.05, 4.69) is 4.90 Å². The smallest absolute Gasteiger partial charge is 0.293 e. The van der Waals surface area contributed by atoms with Crippen LogP contribution in [0.15, 0.2) is 41.3 Å². The Hall–Kier alpha value is -3.48. The van der Waals surface area contributed by atoms with Crippen LogP contribution in [-0.4, -0.2) is 68.6 Å². The van der Waals surface area contributed by atoms with Gasteiger partial charge in [0.2, 0.25) is 0 Å². The summed E-state index contributed by atoms with van der Waals surface area (Å²) in [5.74, 6) is -0.882. The average Bonchev–Trinajstić information content (AvgIpc) is 3.17. The van der Waals surface area contributed by atoms with Gasteiger partial charge in [0.15, 0.2) is 5.17 Å². The molecule has 1 amide bonds. The molecule has 3 aliphatic heterocycles. The Morgan fingerprint density at radius 2 is 1.56 bits per heavy atom. The van der Waals surface area contributed by atoms with E-state index in [9.17, 15) is 19.3 Å². The number of hydrogen-bond donors (Lipinski definition) is 1. The molecule has 0 radical (unpaired) electrons. The number of amidine groups is 1. The molecule has 0 aliphatic carbocycles. The predicted molar refractivity (Wildman–Crippen MR) is 136 cm³/mol. The number of carbonyl (C=O) groups excluding carboxylic acids is 1. The van der Waals surface area contributed by atoms with Gasteiger partial charge in [-0.3, -0.25) is 25.2 Å². The highest BCUT2D eigenvalue weighted by Gasteiger charge is 2.34. The lowest BCUT2D eigenvalue weighted by Crippen LogP contribution is -2.38. The van der Waals surface area contributed by atoms with E-state index in [0.717, 1.165) is 17.4 Å². The second kappa shape index (κ2) is 10.2. The lowest BCUT2D eigenvalue weighted by Gasteiger charge is -2.33. The lowest BCUT2D eigenvalue weighted by molar-refractivity contribution is -0.384. The van der Waals surface area contributed by atoms with Gasteiger partial charge in [-0.2, -0.15) is 0 Å². The minimum absolute atomic E-state index is 0.0229. The molecule has 10 nitrogen and oxygen atoms in total. The summed E-state index contributed by atoms with van der Waals surface area (Å²) >= 11 is 0.965. The van der Waals surface area contributed by atoms with E-state index < -0.39 is 16.6 Å². The maximum Gasteiger partial charge on any atom is 0.293 e. The van der Waals surface area contributed by atoms with Crippen LogP contribution in [0.1, 0.15) is 5.56 Å². The predicted octanol–water partition coefficient (Wildman–Crippen LogP) is 3.46.